The van der Waals surface area contributed by atoms with E-state index in [1.807, 2.05) is 0 Å². The SMILES string of the molecule is O=[N+]([O-])c1ccc2c(ccn2-c2c[n+]([O-])ccn2)c1. The highest BCUT2D eigenvalue weighted by Crippen LogP contribution is 2.23. The maximum Gasteiger partial charge on any atom is 0.270 e. The Hall–Kier alpha value is -2.96. The molecule has 0 aliphatic heterocycles. The molecule has 19 heavy (non-hydrogen) atoms. The zero-order chi connectivity index (χ0) is 13.4. The third-order valence-electron chi connectivity index (χ3n) is 2.79. The first-order chi connectivity index (χ1) is 9.15. The lowest BCUT2D eigenvalue weighted by molar-refractivity contribution is -0.605. The van der Waals surface area contributed by atoms with Gasteiger partial charge < -0.3 is 5.21 Å². The van der Waals surface area contributed by atoms with Gasteiger partial charge in [0.05, 0.1) is 16.6 Å². The molecule has 7 heteroatoms. The van der Waals surface area contributed by atoms with Gasteiger partial charge in [0, 0.05) is 23.7 Å². The summed E-state index contributed by atoms with van der Waals surface area (Å²) >= 11 is 0. The molecule has 0 saturated carbocycles. The number of benzene rings is 1. The van der Waals surface area contributed by atoms with Crippen molar-refractivity contribution in [2.45, 2.75) is 0 Å². The van der Waals surface area contributed by atoms with Crippen LogP contribution in [0.1, 0.15) is 0 Å². The Balaban J connectivity index is 2.18. The first kappa shape index (κ1) is 11.1. The fourth-order valence-corrected chi connectivity index (χ4v) is 1.93. The molecule has 0 spiro atoms. The highest BCUT2D eigenvalue weighted by Gasteiger charge is 2.11. The summed E-state index contributed by atoms with van der Waals surface area (Å²) in [6.45, 7) is 0. The minimum absolute atomic E-state index is 0.0326. The van der Waals surface area contributed by atoms with E-state index in [1.54, 1.807) is 22.9 Å². The third kappa shape index (κ3) is 1.86. The Morgan fingerprint density at radius 2 is 2.16 bits per heavy atom. The number of fused-ring (bicyclic) bond motifs is 1. The van der Waals surface area contributed by atoms with E-state index in [0.717, 1.165) is 10.9 Å². The van der Waals surface area contributed by atoms with E-state index >= 15 is 0 Å². The van der Waals surface area contributed by atoms with Crippen molar-refractivity contribution in [2.75, 3.05) is 0 Å². The molecule has 0 fully saturated rings. The molecule has 0 amide bonds. The van der Waals surface area contributed by atoms with Gasteiger partial charge in [-0.15, -0.1) is 0 Å². The van der Waals surface area contributed by atoms with Gasteiger partial charge in [-0.1, -0.05) is 0 Å². The lowest BCUT2D eigenvalue weighted by Crippen LogP contribution is -2.25. The number of nitro benzene ring substituents is 1. The molecular weight excluding hydrogens is 248 g/mol. The van der Waals surface area contributed by atoms with Crippen molar-refractivity contribution in [1.29, 1.82) is 0 Å². The lowest BCUT2D eigenvalue weighted by atomic mass is 10.2. The number of hydrogen-bond acceptors (Lipinski definition) is 4. The van der Waals surface area contributed by atoms with Crippen LogP contribution in [0.2, 0.25) is 0 Å². The number of non-ortho nitro benzene ring substituents is 1. The zero-order valence-electron chi connectivity index (χ0n) is 9.63. The van der Waals surface area contributed by atoms with Crippen molar-refractivity contribution in [3.05, 3.63) is 64.4 Å². The van der Waals surface area contributed by atoms with Gasteiger partial charge in [-0.3, -0.25) is 14.7 Å². The molecule has 7 nitrogen and oxygen atoms in total. The van der Waals surface area contributed by atoms with E-state index < -0.39 is 4.92 Å². The number of aromatic nitrogens is 3. The van der Waals surface area contributed by atoms with Crippen LogP contribution >= 0.6 is 0 Å². The predicted octanol–water partition coefficient (Wildman–Crippen LogP) is 1.57. The van der Waals surface area contributed by atoms with E-state index in [0.29, 0.717) is 10.5 Å². The average molecular weight is 256 g/mol. The van der Waals surface area contributed by atoms with Crippen molar-refractivity contribution in [2.24, 2.45) is 0 Å². The van der Waals surface area contributed by atoms with Gasteiger partial charge in [0.15, 0.2) is 6.20 Å². The molecule has 0 aliphatic rings. The summed E-state index contributed by atoms with van der Waals surface area (Å²) in [5, 5.41) is 22.7. The lowest BCUT2D eigenvalue weighted by Gasteiger charge is -2.03. The molecule has 0 radical (unpaired) electrons. The van der Waals surface area contributed by atoms with E-state index in [4.69, 9.17) is 0 Å². The highest BCUT2D eigenvalue weighted by atomic mass is 16.6. The highest BCUT2D eigenvalue weighted by molar-refractivity contribution is 5.83. The van der Waals surface area contributed by atoms with Gasteiger partial charge in [0.2, 0.25) is 12.0 Å². The topological polar surface area (TPSA) is 87.9 Å². The number of nitro groups is 1. The second-order valence-corrected chi connectivity index (χ2v) is 3.96. The van der Waals surface area contributed by atoms with Crippen LogP contribution < -0.4 is 4.73 Å². The zero-order valence-corrected chi connectivity index (χ0v) is 9.63. The maximum absolute atomic E-state index is 11.2. The van der Waals surface area contributed by atoms with E-state index in [2.05, 4.69) is 4.98 Å². The molecule has 1 aromatic carbocycles. The van der Waals surface area contributed by atoms with Crippen LogP contribution in [-0.4, -0.2) is 14.5 Å². The first-order valence-electron chi connectivity index (χ1n) is 5.46. The number of rotatable bonds is 2. The average Bonchev–Trinajstić information content (AvgIpc) is 2.81. The van der Waals surface area contributed by atoms with Crippen molar-refractivity contribution in [3.8, 4) is 5.82 Å². The summed E-state index contributed by atoms with van der Waals surface area (Å²) in [5.74, 6) is 0.460. The summed E-state index contributed by atoms with van der Waals surface area (Å²) in [7, 11) is 0. The van der Waals surface area contributed by atoms with Crippen LogP contribution in [-0.2, 0) is 0 Å². The maximum atomic E-state index is 11.2. The fourth-order valence-electron chi connectivity index (χ4n) is 1.93. The molecule has 0 aliphatic carbocycles. The number of hydrogen-bond donors (Lipinski definition) is 0. The Kier molecular flexibility index (Phi) is 2.38. The molecule has 0 N–H and O–H groups in total. The monoisotopic (exact) mass is 256 g/mol. The van der Waals surface area contributed by atoms with Crippen molar-refractivity contribution >= 4 is 16.6 Å². The van der Waals surface area contributed by atoms with Crippen LogP contribution in [0, 0.1) is 15.3 Å². The minimum atomic E-state index is -0.441. The van der Waals surface area contributed by atoms with E-state index in [1.165, 1.54) is 30.7 Å². The predicted molar refractivity (Wildman–Crippen MR) is 66.7 cm³/mol. The fraction of sp³-hybridized carbons (Fsp3) is 0. The summed E-state index contributed by atoms with van der Waals surface area (Å²) in [6, 6.07) is 6.29. The summed E-state index contributed by atoms with van der Waals surface area (Å²) in [6.07, 6.45) is 5.75. The first-order valence-corrected chi connectivity index (χ1v) is 5.46. The van der Waals surface area contributed by atoms with Crippen LogP contribution in [0.3, 0.4) is 0 Å². The van der Waals surface area contributed by atoms with E-state index in [-0.39, 0.29) is 5.69 Å². The minimum Gasteiger partial charge on any atom is -0.619 e. The quantitative estimate of drug-likeness (QED) is 0.301. The Morgan fingerprint density at radius 1 is 1.32 bits per heavy atom. The second kappa shape index (κ2) is 4.05. The van der Waals surface area contributed by atoms with Gasteiger partial charge >= 0.3 is 0 Å². The molecule has 3 aromatic rings. The van der Waals surface area contributed by atoms with Crippen LogP contribution in [0.25, 0.3) is 16.7 Å². The Morgan fingerprint density at radius 3 is 2.89 bits per heavy atom. The molecule has 94 valence electrons. The molecule has 3 rings (SSSR count). The number of nitrogens with zero attached hydrogens (tertiary/aromatic N) is 4. The molecule has 0 atom stereocenters. The van der Waals surface area contributed by atoms with Crippen molar-refractivity contribution < 1.29 is 9.65 Å². The standard InChI is InChI=1S/C12H8N4O3/c17-14-6-4-13-12(8-14)15-5-3-9-7-10(16(18)19)1-2-11(9)15/h1-8H. The van der Waals surface area contributed by atoms with Crippen molar-refractivity contribution in [1.82, 2.24) is 9.55 Å². The third-order valence-corrected chi connectivity index (χ3v) is 2.79. The summed E-state index contributed by atoms with van der Waals surface area (Å²) < 4.78 is 2.35. The van der Waals surface area contributed by atoms with Crippen molar-refractivity contribution in [3.63, 3.8) is 0 Å². The molecular formula is C12H8N4O3. The van der Waals surface area contributed by atoms with Gasteiger partial charge in [0.1, 0.15) is 0 Å². The van der Waals surface area contributed by atoms with Crippen LogP contribution in [0.15, 0.2) is 49.1 Å². The molecule has 2 aromatic heterocycles. The molecule has 0 saturated heterocycles. The molecule has 2 heterocycles. The smallest absolute Gasteiger partial charge is 0.270 e. The van der Waals surface area contributed by atoms with E-state index in [9.17, 15) is 15.3 Å². The van der Waals surface area contributed by atoms with Gasteiger partial charge in [0.25, 0.3) is 5.69 Å². The summed E-state index contributed by atoms with van der Waals surface area (Å²) in [5.41, 5.74) is 0.787. The second-order valence-electron chi connectivity index (χ2n) is 3.96. The van der Waals surface area contributed by atoms with Crippen LogP contribution in [0.4, 0.5) is 5.69 Å². The molecule has 0 unspecified atom stereocenters. The van der Waals surface area contributed by atoms with Gasteiger partial charge in [-0.25, -0.2) is 4.98 Å². The summed E-state index contributed by atoms with van der Waals surface area (Å²) in [4.78, 5) is 14.4. The largest absolute Gasteiger partial charge is 0.619 e. The Bertz CT molecular complexity index is 781. The Labute approximate surface area is 107 Å². The van der Waals surface area contributed by atoms with Gasteiger partial charge in [-0.05, 0) is 12.1 Å². The normalized spacial score (nSPS) is 10.7. The van der Waals surface area contributed by atoms with Crippen LogP contribution in [0.5, 0.6) is 0 Å². The van der Waals surface area contributed by atoms with Gasteiger partial charge in [-0.2, -0.15) is 4.73 Å². The molecule has 0 bridgehead atoms.